The van der Waals surface area contributed by atoms with Gasteiger partial charge in [-0.2, -0.15) is 9.40 Å². The van der Waals surface area contributed by atoms with Crippen molar-refractivity contribution in [3.8, 4) is 11.1 Å². The maximum atomic E-state index is 13.0. The Morgan fingerprint density at radius 1 is 1.00 bits per heavy atom. The van der Waals surface area contributed by atoms with E-state index in [1.54, 1.807) is 13.8 Å². The Morgan fingerprint density at radius 2 is 1.61 bits per heavy atom. The average molecular weight is 439 g/mol. The van der Waals surface area contributed by atoms with E-state index in [1.807, 2.05) is 54.6 Å². The van der Waals surface area contributed by atoms with Crippen LogP contribution in [0.1, 0.15) is 34.6 Å². The molecule has 31 heavy (non-hydrogen) atoms. The fourth-order valence-corrected chi connectivity index (χ4v) is 5.80. The van der Waals surface area contributed by atoms with Gasteiger partial charge in [0.2, 0.25) is 10.0 Å². The summed E-state index contributed by atoms with van der Waals surface area (Å²) in [5, 5.41) is 9.78. The number of aromatic nitrogens is 2. The average Bonchev–Trinajstić information content (AvgIpc) is 3.13. The number of piperidine rings is 1. The van der Waals surface area contributed by atoms with E-state index in [-0.39, 0.29) is 16.8 Å². The summed E-state index contributed by atoms with van der Waals surface area (Å²) in [5.74, 6) is -0.137. The number of benzene rings is 2. The Bertz CT molecular complexity index is 1140. The first kappa shape index (κ1) is 21.3. The van der Waals surface area contributed by atoms with Crippen molar-refractivity contribution in [3.05, 3.63) is 71.5 Å². The van der Waals surface area contributed by atoms with Crippen molar-refractivity contribution in [2.75, 3.05) is 13.1 Å². The Morgan fingerprint density at radius 3 is 2.19 bits per heavy atom. The Hall–Kier alpha value is -2.97. The fourth-order valence-electron chi connectivity index (χ4n) is 4.00. The molecular formula is C23H26N4O3S. The number of carbonyl (C=O) groups is 1. The molecule has 0 atom stereocenters. The number of rotatable bonds is 5. The highest BCUT2D eigenvalue weighted by molar-refractivity contribution is 7.89. The number of hydrogen-bond donors (Lipinski definition) is 2. The lowest BCUT2D eigenvalue weighted by Gasteiger charge is -2.31. The van der Waals surface area contributed by atoms with Gasteiger partial charge in [0.25, 0.3) is 5.91 Å². The van der Waals surface area contributed by atoms with Gasteiger partial charge in [-0.25, -0.2) is 8.42 Å². The molecule has 1 aliphatic heterocycles. The highest BCUT2D eigenvalue weighted by Gasteiger charge is 2.33. The van der Waals surface area contributed by atoms with Gasteiger partial charge in [-0.1, -0.05) is 42.5 Å². The predicted molar refractivity (Wildman–Crippen MR) is 119 cm³/mol. The van der Waals surface area contributed by atoms with E-state index in [1.165, 1.54) is 4.31 Å². The SMILES string of the molecule is Cc1n[nH]c(C)c1S(=O)(=O)N1CCC(NC(=O)c2ccc(-c3ccccc3)cc2)CC1. The number of amides is 1. The van der Waals surface area contributed by atoms with Crippen LogP contribution in [-0.4, -0.2) is 48.0 Å². The topological polar surface area (TPSA) is 95.2 Å². The van der Waals surface area contributed by atoms with Crippen LogP contribution in [0, 0.1) is 13.8 Å². The van der Waals surface area contributed by atoms with Gasteiger partial charge in [0.15, 0.2) is 0 Å². The van der Waals surface area contributed by atoms with Gasteiger partial charge < -0.3 is 5.32 Å². The molecule has 8 heteroatoms. The number of hydrogen-bond acceptors (Lipinski definition) is 4. The first-order valence-corrected chi connectivity index (χ1v) is 11.8. The van der Waals surface area contributed by atoms with Crippen molar-refractivity contribution < 1.29 is 13.2 Å². The molecule has 7 nitrogen and oxygen atoms in total. The molecule has 0 radical (unpaired) electrons. The minimum atomic E-state index is -3.59. The third kappa shape index (κ3) is 4.40. The van der Waals surface area contributed by atoms with E-state index in [0.29, 0.717) is 42.9 Å². The lowest BCUT2D eigenvalue weighted by Crippen LogP contribution is -2.46. The second-order valence-corrected chi connectivity index (χ2v) is 9.73. The Kier molecular flexibility index (Phi) is 5.93. The molecule has 2 heterocycles. The van der Waals surface area contributed by atoms with E-state index in [4.69, 9.17) is 0 Å². The summed E-state index contributed by atoms with van der Waals surface area (Å²) in [4.78, 5) is 12.9. The molecule has 2 aromatic carbocycles. The van der Waals surface area contributed by atoms with Crippen LogP contribution in [0.2, 0.25) is 0 Å². The molecule has 0 saturated carbocycles. The first-order chi connectivity index (χ1) is 14.9. The Labute approximate surface area is 182 Å². The van der Waals surface area contributed by atoms with Gasteiger partial charge in [-0.3, -0.25) is 9.89 Å². The summed E-state index contributed by atoms with van der Waals surface area (Å²) >= 11 is 0. The molecular weight excluding hydrogens is 412 g/mol. The van der Waals surface area contributed by atoms with Crippen molar-refractivity contribution in [3.63, 3.8) is 0 Å². The predicted octanol–water partition coefficient (Wildman–Crippen LogP) is 3.28. The maximum Gasteiger partial charge on any atom is 0.251 e. The number of sulfonamides is 1. The van der Waals surface area contributed by atoms with Gasteiger partial charge >= 0.3 is 0 Å². The smallest absolute Gasteiger partial charge is 0.251 e. The standard InChI is InChI=1S/C23H26N4O3S/c1-16-22(17(2)26-25-16)31(29,30)27-14-12-21(13-15-27)24-23(28)20-10-8-19(9-11-20)18-6-4-3-5-7-18/h3-11,21H,12-15H2,1-2H3,(H,24,28)(H,25,26). The molecule has 0 spiro atoms. The van der Waals surface area contributed by atoms with Gasteiger partial charge in [0.05, 0.1) is 11.4 Å². The van der Waals surface area contributed by atoms with Crippen molar-refractivity contribution in [2.45, 2.75) is 37.6 Å². The number of aromatic amines is 1. The number of nitrogens with one attached hydrogen (secondary N) is 2. The molecule has 162 valence electrons. The van der Waals surface area contributed by atoms with Crippen molar-refractivity contribution >= 4 is 15.9 Å². The zero-order valence-corrected chi connectivity index (χ0v) is 18.4. The molecule has 1 amide bonds. The molecule has 1 saturated heterocycles. The molecule has 0 aliphatic carbocycles. The summed E-state index contributed by atoms with van der Waals surface area (Å²) < 4.78 is 27.4. The van der Waals surface area contributed by atoms with Crippen LogP contribution in [-0.2, 0) is 10.0 Å². The van der Waals surface area contributed by atoms with E-state index in [2.05, 4.69) is 15.5 Å². The van der Waals surface area contributed by atoms with Crippen molar-refractivity contribution in [1.82, 2.24) is 19.8 Å². The minimum Gasteiger partial charge on any atom is -0.349 e. The van der Waals surface area contributed by atoms with Crippen LogP contribution in [0.4, 0.5) is 0 Å². The van der Waals surface area contributed by atoms with Crippen LogP contribution in [0.3, 0.4) is 0 Å². The molecule has 1 aliphatic rings. The fraction of sp³-hybridized carbons (Fsp3) is 0.304. The molecule has 4 rings (SSSR count). The molecule has 0 unspecified atom stereocenters. The van der Waals surface area contributed by atoms with Crippen LogP contribution < -0.4 is 5.32 Å². The summed E-state index contributed by atoms with van der Waals surface area (Å²) in [6.45, 7) is 4.13. The van der Waals surface area contributed by atoms with Crippen LogP contribution in [0.25, 0.3) is 11.1 Å². The van der Waals surface area contributed by atoms with Gasteiger partial charge in [-0.05, 0) is 49.9 Å². The summed E-state index contributed by atoms with van der Waals surface area (Å²) in [6, 6.07) is 17.5. The number of carbonyl (C=O) groups excluding carboxylic acids is 1. The van der Waals surface area contributed by atoms with Gasteiger partial charge in [-0.15, -0.1) is 0 Å². The van der Waals surface area contributed by atoms with Gasteiger partial charge in [0.1, 0.15) is 4.90 Å². The lowest BCUT2D eigenvalue weighted by molar-refractivity contribution is 0.0924. The zero-order valence-electron chi connectivity index (χ0n) is 17.6. The van der Waals surface area contributed by atoms with Crippen LogP contribution in [0.15, 0.2) is 59.5 Å². The van der Waals surface area contributed by atoms with Crippen molar-refractivity contribution in [2.24, 2.45) is 0 Å². The summed E-state index contributed by atoms with van der Waals surface area (Å²) in [7, 11) is -3.59. The van der Waals surface area contributed by atoms with E-state index >= 15 is 0 Å². The second kappa shape index (κ2) is 8.64. The van der Waals surface area contributed by atoms with E-state index < -0.39 is 10.0 Å². The first-order valence-electron chi connectivity index (χ1n) is 10.3. The second-order valence-electron chi connectivity index (χ2n) is 7.86. The molecule has 0 bridgehead atoms. The molecule has 2 N–H and O–H groups in total. The lowest BCUT2D eigenvalue weighted by atomic mass is 10.0. The largest absolute Gasteiger partial charge is 0.349 e. The highest BCUT2D eigenvalue weighted by Crippen LogP contribution is 2.25. The monoisotopic (exact) mass is 438 g/mol. The zero-order chi connectivity index (χ0) is 22.0. The van der Waals surface area contributed by atoms with E-state index in [0.717, 1.165) is 11.1 Å². The van der Waals surface area contributed by atoms with Crippen LogP contribution >= 0.6 is 0 Å². The molecule has 1 fully saturated rings. The summed E-state index contributed by atoms with van der Waals surface area (Å²) in [6.07, 6.45) is 1.14. The number of H-pyrrole nitrogens is 1. The van der Waals surface area contributed by atoms with Crippen molar-refractivity contribution in [1.29, 1.82) is 0 Å². The molecule has 3 aromatic rings. The number of nitrogens with zero attached hydrogens (tertiary/aromatic N) is 2. The quantitative estimate of drug-likeness (QED) is 0.639. The minimum absolute atomic E-state index is 0.0562. The third-order valence-electron chi connectivity index (χ3n) is 5.70. The summed E-state index contributed by atoms with van der Waals surface area (Å²) in [5.41, 5.74) is 3.78. The maximum absolute atomic E-state index is 13.0. The normalized spacial score (nSPS) is 15.7. The Balaban J connectivity index is 1.36. The van der Waals surface area contributed by atoms with Crippen LogP contribution in [0.5, 0.6) is 0 Å². The van der Waals surface area contributed by atoms with E-state index in [9.17, 15) is 13.2 Å². The highest BCUT2D eigenvalue weighted by atomic mass is 32.2. The molecule has 1 aromatic heterocycles. The number of aryl methyl sites for hydroxylation is 2. The van der Waals surface area contributed by atoms with Gasteiger partial charge in [0, 0.05) is 24.7 Å². The third-order valence-corrected chi connectivity index (χ3v) is 7.86.